The van der Waals surface area contributed by atoms with Crippen LogP contribution in [0.2, 0.25) is 5.15 Å². The Balaban J connectivity index is 3.13. The molecule has 1 aromatic heterocycles. The fourth-order valence-corrected chi connectivity index (χ4v) is 2.96. The molecule has 1 aromatic rings. The summed E-state index contributed by atoms with van der Waals surface area (Å²) in [6.45, 7) is -3.08. The van der Waals surface area contributed by atoms with Gasteiger partial charge in [0.15, 0.2) is 0 Å². The van der Waals surface area contributed by atoms with Gasteiger partial charge in [-0.3, -0.25) is 0 Å². The smallest absolute Gasteiger partial charge is 0.395 e. The molecule has 1 N–H and O–H groups in total. The topological polar surface area (TPSA) is 70.5 Å². The highest BCUT2D eigenvalue weighted by molar-refractivity contribution is 7.89. The van der Waals surface area contributed by atoms with Gasteiger partial charge in [-0.2, -0.15) is 17.5 Å². The lowest BCUT2D eigenvalue weighted by atomic mass is 10.5. The number of aliphatic hydroxyl groups is 1. The van der Waals surface area contributed by atoms with Gasteiger partial charge in [0.05, 0.1) is 11.5 Å². The third-order valence-corrected chi connectivity index (χ3v) is 4.09. The Morgan fingerprint density at radius 2 is 2.05 bits per heavy atom. The Bertz CT molecular complexity index is 536. The molecule has 0 aliphatic carbocycles. The fraction of sp³-hybridized carbons (Fsp3) is 0.444. The maximum Gasteiger partial charge on any atom is 0.402 e. The predicted octanol–water partition coefficient (Wildman–Crippen LogP) is 1.28. The van der Waals surface area contributed by atoms with E-state index in [4.69, 9.17) is 16.7 Å². The Morgan fingerprint density at radius 1 is 1.42 bits per heavy atom. The average molecular weight is 319 g/mol. The molecule has 1 heterocycles. The van der Waals surface area contributed by atoms with Crippen LogP contribution >= 0.6 is 11.6 Å². The van der Waals surface area contributed by atoms with E-state index in [0.717, 1.165) is 18.3 Å². The molecule has 108 valence electrons. The van der Waals surface area contributed by atoms with Gasteiger partial charge in [-0.05, 0) is 12.1 Å². The van der Waals surface area contributed by atoms with Crippen LogP contribution in [0.3, 0.4) is 0 Å². The summed E-state index contributed by atoms with van der Waals surface area (Å²) < 4.78 is 61.1. The van der Waals surface area contributed by atoms with Gasteiger partial charge in [0.25, 0.3) is 0 Å². The molecule has 1 rings (SSSR count). The molecule has 0 radical (unpaired) electrons. The highest BCUT2D eigenvalue weighted by Crippen LogP contribution is 2.23. The summed E-state index contributed by atoms with van der Waals surface area (Å²) in [6.07, 6.45) is -3.64. The summed E-state index contributed by atoms with van der Waals surface area (Å²) in [4.78, 5) is 3.13. The first kappa shape index (κ1) is 16.2. The second kappa shape index (κ2) is 6.04. The lowest BCUT2D eigenvalue weighted by Crippen LogP contribution is -2.40. The Kier molecular flexibility index (Phi) is 5.13. The van der Waals surface area contributed by atoms with Gasteiger partial charge in [-0.1, -0.05) is 11.6 Å². The molecule has 0 aliphatic heterocycles. The first-order valence-electron chi connectivity index (χ1n) is 4.96. The molecular weight excluding hydrogens is 309 g/mol. The summed E-state index contributed by atoms with van der Waals surface area (Å²) >= 11 is 5.50. The van der Waals surface area contributed by atoms with E-state index in [1.54, 1.807) is 0 Å². The van der Waals surface area contributed by atoms with Crippen LogP contribution in [-0.4, -0.2) is 48.7 Å². The monoisotopic (exact) mass is 318 g/mol. The fourth-order valence-electron chi connectivity index (χ4n) is 1.29. The first-order valence-corrected chi connectivity index (χ1v) is 6.78. The standard InChI is InChI=1S/C9H10ClF3N2O3S/c10-8-5-7(1-2-14-8)19(17,18)15(3-4-16)6-9(11,12)13/h1-2,5,16H,3-4,6H2. The number of aromatic nitrogens is 1. The molecule has 0 spiro atoms. The van der Waals surface area contributed by atoms with E-state index >= 15 is 0 Å². The van der Waals surface area contributed by atoms with Crippen molar-refractivity contribution in [1.29, 1.82) is 0 Å². The molecule has 0 aromatic carbocycles. The third kappa shape index (κ3) is 4.60. The van der Waals surface area contributed by atoms with Gasteiger partial charge in [-0.15, -0.1) is 0 Å². The van der Waals surface area contributed by atoms with Gasteiger partial charge in [0.2, 0.25) is 10.0 Å². The second-order valence-electron chi connectivity index (χ2n) is 3.49. The predicted molar refractivity (Wildman–Crippen MR) is 61.1 cm³/mol. The average Bonchev–Trinajstić information content (AvgIpc) is 2.26. The van der Waals surface area contributed by atoms with Gasteiger partial charge >= 0.3 is 6.18 Å². The minimum absolute atomic E-state index is 0.138. The van der Waals surface area contributed by atoms with Gasteiger partial charge in [0.1, 0.15) is 11.7 Å². The summed E-state index contributed by atoms with van der Waals surface area (Å²) in [5.74, 6) is 0. The van der Waals surface area contributed by atoms with Crippen molar-refractivity contribution in [2.45, 2.75) is 11.1 Å². The number of sulfonamides is 1. The molecule has 0 saturated heterocycles. The van der Waals surface area contributed by atoms with E-state index in [0.29, 0.717) is 0 Å². The van der Waals surface area contributed by atoms with Crippen LogP contribution in [-0.2, 0) is 10.0 Å². The molecular formula is C9H10ClF3N2O3S. The largest absolute Gasteiger partial charge is 0.402 e. The normalized spacial score (nSPS) is 12.9. The third-order valence-electron chi connectivity index (χ3n) is 2.04. The molecule has 0 saturated carbocycles. The lowest BCUT2D eigenvalue weighted by Gasteiger charge is -2.22. The molecule has 0 atom stereocenters. The molecule has 0 unspecified atom stereocenters. The number of aliphatic hydroxyl groups excluding tert-OH is 1. The minimum atomic E-state index is -4.71. The van der Waals surface area contributed by atoms with Crippen LogP contribution in [0.25, 0.3) is 0 Å². The van der Waals surface area contributed by atoms with Crippen molar-refractivity contribution < 1.29 is 26.7 Å². The van der Waals surface area contributed by atoms with Gasteiger partial charge < -0.3 is 5.11 Å². The molecule has 0 aliphatic rings. The molecule has 19 heavy (non-hydrogen) atoms. The highest BCUT2D eigenvalue weighted by Gasteiger charge is 2.36. The molecule has 0 amide bonds. The molecule has 5 nitrogen and oxygen atoms in total. The van der Waals surface area contributed by atoms with Crippen molar-refractivity contribution in [3.05, 3.63) is 23.5 Å². The van der Waals surface area contributed by atoms with Crippen LogP contribution in [0.5, 0.6) is 0 Å². The number of alkyl halides is 3. The summed E-state index contributed by atoms with van der Waals surface area (Å²) in [7, 11) is -4.39. The van der Waals surface area contributed by atoms with E-state index in [9.17, 15) is 21.6 Å². The number of halogens is 4. The van der Waals surface area contributed by atoms with E-state index < -0.39 is 40.8 Å². The maximum atomic E-state index is 12.3. The van der Waals surface area contributed by atoms with E-state index in [1.165, 1.54) is 0 Å². The summed E-state index contributed by atoms with van der Waals surface area (Å²) in [6, 6.07) is 1.97. The van der Waals surface area contributed by atoms with Crippen LogP contribution in [0.4, 0.5) is 13.2 Å². The zero-order chi connectivity index (χ0) is 14.7. The van der Waals surface area contributed by atoms with Crippen LogP contribution in [0.15, 0.2) is 23.2 Å². The highest BCUT2D eigenvalue weighted by atomic mass is 35.5. The van der Waals surface area contributed by atoms with Crippen molar-refractivity contribution >= 4 is 21.6 Å². The van der Waals surface area contributed by atoms with Crippen LogP contribution in [0, 0.1) is 0 Å². The second-order valence-corrected chi connectivity index (χ2v) is 5.82. The van der Waals surface area contributed by atoms with E-state index in [2.05, 4.69) is 4.98 Å². The van der Waals surface area contributed by atoms with Crippen molar-refractivity contribution in [3.8, 4) is 0 Å². The van der Waals surface area contributed by atoms with Crippen molar-refractivity contribution in [3.63, 3.8) is 0 Å². The number of hydrogen-bond donors (Lipinski definition) is 1. The summed E-state index contributed by atoms with van der Waals surface area (Å²) in [5.41, 5.74) is 0. The zero-order valence-corrected chi connectivity index (χ0v) is 11.0. The van der Waals surface area contributed by atoms with Crippen molar-refractivity contribution in [2.24, 2.45) is 0 Å². The number of nitrogens with zero attached hydrogens (tertiary/aromatic N) is 2. The molecule has 0 fully saturated rings. The maximum absolute atomic E-state index is 12.3. The quantitative estimate of drug-likeness (QED) is 0.830. The Morgan fingerprint density at radius 3 is 2.53 bits per heavy atom. The number of rotatable bonds is 5. The summed E-state index contributed by atoms with van der Waals surface area (Å²) in [5, 5.41) is 8.53. The minimum Gasteiger partial charge on any atom is -0.395 e. The SMILES string of the molecule is O=S(=O)(c1ccnc(Cl)c1)N(CCO)CC(F)(F)F. The molecule has 0 bridgehead atoms. The lowest BCUT2D eigenvalue weighted by molar-refractivity contribution is -0.136. The van der Waals surface area contributed by atoms with Crippen LogP contribution in [0.1, 0.15) is 0 Å². The van der Waals surface area contributed by atoms with Gasteiger partial charge in [-0.25, -0.2) is 13.4 Å². The van der Waals surface area contributed by atoms with E-state index in [1.807, 2.05) is 0 Å². The molecule has 10 heteroatoms. The Hall–Kier alpha value is -0.900. The first-order chi connectivity index (χ1) is 8.66. The van der Waals surface area contributed by atoms with E-state index in [-0.39, 0.29) is 9.46 Å². The zero-order valence-electron chi connectivity index (χ0n) is 9.43. The Labute approximate surface area is 112 Å². The van der Waals surface area contributed by atoms with Crippen LogP contribution < -0.4 is 0 Å². The van der Waals surface area contributed by atoms with Gasteiger partial charge in [0, 0.05) is 12.7 Å². The van der Waals surface area contributed by atoms with Crippen molar-refractivity contribution in [2.75, 3.05) is 19.7 Å². The van der Waals surface area contributed by atoms with Crippen molar-refractivity contribution in [1.82, 2.24) is 9.29 Å². The number of pyridine rings is 1. The number of hydrogen-bond acceptors (Lipinski definition) is 4.